The molecule has 0 aromatic heterocycles. The lowest BCUT2D eigenvalue weighted by molar-refractivity contribution is 0.0225. The third-order valence-corrected chi connectivity index (χ3v) is 9.61. The molecule has 1 fully saturated rings. The van der Waals surface area contributed by atoms with E-state index in [2.05, 4.69) is 40.7 Å². The van der Waals surface area contributed by atoms with Gasteiger partial charge in [0, 0.05) is 0 Å². The summed E-state index contributed by atoms with van der Waals surface area (Å²) in [5, 5.41) is 10.2. The topological polar surface area (TPSA) is 20.2 Å². The van der Waals surface area contributed by atoms with Crippen LogP contribution in [-0.2, 0) is 0 Å². The quantitative estimate of drug-likeness (QED) is 0.521. The summed E-state index contributed by atoms with van der Waals surface area (Å²) in [6, 6.07) is 0. The van der Waals surface area contributed by atoms with Crippen LogP contribution in [-0.4, -0.2) is 11.2 Å². The average molecular weight is 385 g/mol. The van der Waals surface area contributed by atoms with Crippen molar-refractivity contribution in [3.05, 3.63) is 22.8 Å². The van der Waals surface area contributed by atoms with Crippen LogP contribution in [0.4, 0.5) is 0 Å². The number of hydrogen-bond donors (Lipinski definition) is 1. The molecule has 1 heteroatoms. The second-order valence-electron chi connectivity index (χ2n) is 11.7. The Labute approximate surface area is 174 Å². The molecule has 4 aliphatic carbocycles. The molecule has 0 spiro atoms. The van der Waals surface area contributed by atoms with E-state index in [-0.39, 0.29) is 6.10 Å². The lowest BCUT2D eigenvalue weighted by atomic mass is 9.51. The first kappa shape index (κ1) is 20.7. The van der Waals surface area contributed by atoms with Gasteiger partial charge in [-0.3, -0.25) is 0 Å². The van der Waals surface area contributed by atoms with E-state index in [0.29, 0.717) is 16.7 Å². The van der Waals surface area contributed by atoms with Crippen LogP contribution in [0.15, 0.2) is 22.8 Å². The summed E-state index contributed by atoms with van der Waals surface area (Å²) in [5.74, 6) is 3.25. The largest absolute Gasteiger partial charge is 0.393 e. The lowest BCUT2D eigenvalue weighted by Crippen LogP contribution is -2.44. The molecule has 28 heavy (non-hydrogen) atoms. The van der Waals surface area contributed by atoms with Gasteiger partial charge in [-0.05, 0) is 97.0 Å². The van der Waals surface area contributed by atoms with E-state index in [0.717, 1.165) is 30.6 Å². The number of allylic oxidation sites excluding steroid dienone is 4. The molecule has 0 amide bonds. The highest BCUT2D eigenvalue weighted by molar-refractivity contribution is 5.49. The summed E-state index contributed by atoms with van der Waals surface area (Å²) in [7, 11) is 0. The molecule has 0 aromatic rings. The third-order valence-electron chi connectivity index (χ3n) is 9.61. The van der Waals surface area contributed by atoms with Gasteiger partial charge in [0.25, 0.3) is 0 Å². The zero-order chi connectivity index (χ0) is 20.1. The lowest BCUT2D eigenvalue weighted by Gasteiger charge is -2.54. The van der Waals surface area contributed by atoms with Crippen LogP contribution in [0, 0.1) is 34.5 Å². The molecule has 4 aliphatic rings. The smallest absolute Gasteiger partial charge is 0.0543 e. The van der Waals surface area contributed by atoms with Gasteiger partial charge in [-0.25, -0.2) is 0 Å². The molecule has 158 valence electrons. The molecule has 0 heterocycles. The zero-order valence-corrected chi connectivity index (χ0v) is 19.2. The predicted molar refractivity (Wildman–Crippen MR) is 119 cm³/mol. The van der Waals surface area contributed by atoms with Crippen LogP contribution in [0.2, 0.25) is 0 Å². The highest BCUT2D eigenvalue weighted by atomic mass is 16.3. The minimum absolute atomic E-state index is 0.0455. The SMILES string of the molecule is CC(C)CCC[C@@H](C)[C@H]1CC=C2C3=C(CC[C@@]21C)[C@@]1(C)CC[C@H](O)CC1CC3. The van der Waals surface area contributed by atoms with Gasteiger partial charge >= 0.3 is 0 Å². The number of aliphatic hydroxyl groups excluding tert-OH is 1. The average Bonchev–Trinajstić information content (AvgIpc) is 2.99. The fraction of sp³-hybridized carbons (Fsp3) is 0.852. The fourth-order valence-electron chi connectivity index (χ4n) is 7.78. The molecule has 0 bridgehead atoms. The Bertz CT molecular complexity index is 655. The molecule has 0 radical (unpaired) electrons. The zero-order valence-electron chi connectivity index (χ0n) is 19.2. The van der Waals surface area contributed by atoms with E-state index >= 15 is 0 Å². The van der Waals surface area contributed by atoms with E-state index in [4.69, 9.17) is 0 Å². The summed E-state index contributed by atoms with van der Waals surface area (Å²) in [5.41, 5.74) is 6.15. The van der Waals surface area contributed by atoms with Crippen LogP contribution in [0.1, 0.15) is 105 Å². The minimum atomic E-state index is -0.0455. The van der Waals surface area contributed by atoms with E-state index in [9.17, 15) is 5.11 Å². The van der Waals surface area contributed by atoms with E-state index in [1.807, 2.05) is 5.57 Å². The molecular weight excluding hydrogens is 340 g/mol. The van der Waals surface area contributed by atoms with Crippen LogP contribution < -0.4 is 0 Å². The van der Waals surface area contributed by atoms with Gasteiger partial charge in [-0.15, -0.1) is 0 Å². The Morgan fingerprint density at radius 1 is 1.04 bits per heavy atom. The van der Waals surface area contributed by atoms with Crippen molar-refractivity contribution >= 4 is 0 Å². The predicted octanol–water partition coefficient (Wildman–Crippen LogP) is 7.45. The van der Waals surface area contributed by atoms with Gasteiger partial charge < -0.3 is 5.11 Å². The summed E-state index contributed by atoms with van der Waals surface area (Å²) in [6.07, 6.45) is 16.6. The van der Waals surface area contributed by atoms with Crippen LogP contribution in [0.3, 0.4) is 0 Å². The van der Waals surface area contributed by atoms with Crippen molar-refractivity contribution in [1.82, 2.24) is 0 Å². The maximum absolute atomic E-state index is 10.2. The Kier molecular flexibility index (Phi) is 5.62. The van der Waals surface area contributed by atoms with E-state index in [1.54, 1.807) is 11.1 Å². The van der Waals surface area contributed by atoms with Gasteiger partial charge in [0.05, 0.1) is 6.10 Å². The molecule has 1 nitrogen and oxygen atoms in total. The Hall–Kier alpha value is -0.560. The Morgan fingerprint density at radius 3 is 2.57 bits per heavy atom. The molecule has 0 aliphatic heterocycles. The van der Waals surface area contributed by atoms with Crippen LogP contribution in [0.25, 0.3) is 0 Å². The molecule has 1 N–H and O–H groups in total. The third kappa shape index (κ3) is 3.34. The molecular formula is C27H44O. The van der Waals surface area contributed by atoms with Gasteiger partial charge in [0.15, 0.2) is 0 Å². The van der Waals surface area contributed by atoms with Crippen molar-refractivity contribution in [2.75, 3.05) is 0 Å². The van der Waals surface area contributed by atoms with E-state index < -0.39 is 0 Å². The Balaban J connectivity index is 1.54. The monoisotopic (exact) mass is 384 g/mol. The summed E-state index contributed by atoms with van der Waals surface area (Å²) in [6.45, 7) is 12.4. The first-order chi connectivity index (χ1) is 13.3. The number of fused-ring (bicyclic) bond motifs is 4. The summed E-state index contributed by atoms with van der Waals surface area (Å²) in [4.78, 5) is 0. The van der Waals surface area contributed by atoms with Crippen molar-refractivity contribution in [1.29, 1.82) is 0 Å². The van der Waals surface area contributed by atoms with Crippen molar-refractivity contribution in [2.45, 2.75) is 111 Å². The molecule has 1 unspecified atom stereocenters. The van der Waals surface area contributed by atoms with E-state index in [1.165, 1.54) is 57.8 Å². The minimum Gasteiger partial charge on any atom is -0.393 e. The van der Waals surface area contributed by atoms with Gasteiger partial charge in [0.2, 0.25) is 0 Å². The summed E-state index contributed by atoms with van der Waals surface area (Å²) < 4.78 is 0. The standard InChI is InChI=1S/C27H44O/c1-18(2)7-6-8-19(3)23-11-12-24-22-10-9-20-17-21(28)13-15-26(20,4)25(22)14-16-27(23,24)5/h12,18-21,23,28H,6-11,13-17H2,1-5H3/t19-,20?,21+,23-,26+,27-/m1/s1. The van der Waals surface area contributed by atoms with Crippen LogP contribution >= 0.6 is 0 Å². The van der Waals surface area contributed by atoms with Gasteiger partial charge in [-0.2, -0.15) is 0 Å². The molecule has 6 atom stereocenters. The normalized spacial score (nSPS) is 41.4. The molecule has 4 rings (SSSR count). The first-order valence-electron chi connectivity index (χ1n) is 12.4. The fourth-order valence-corrected chi connectivity index (χ4v) is 7.78. The van der Waals surface area contributed by atoms with Gasteiger partial charge in [0.1, 0.15) is 0 Å². The van der Waals surface area contributed by atoms with Crippen molar-refractivity contribution < 1.29 is 5.11 Å². The second kappa shape index (κ2) is 7.60. The Morgan fingerprint density at radius 2 is 1.82 bits per heavy atom. The van der Waals surface area contributed by atoms with Gasteiger partial charge in [-0.1, -0.05) is 65.5 Å². The number of hydrogen-bond acceptors (Lipinski definition) is 1. The first-order valence-corrected chi connectivity index (χ1v) is 12.4. The number of rotatable bonds is 5. The summed E-state index contributed by atoms with van der Waals surface area (Å²) >= 11 is 0. The second-order valence-corrected chi connectivity index (χ2v) is 11.7. The maximum atomic E-state index is 10.2. The molecule has 1 saturated carbocycles. The molecule has 0 aromatic carbocycles. The highest BCUT2D eigenvalue weighted by Crippen LogP contribution is 2.64. The van der Waals surface area contributed by atoms with Crippen molar-refractivity contribution in [3.63, 3.8) is 0 Å². The maximum Gasteiger partial charge on any atom is 0.0543 e. The number of aliphatic hydroxyl groups is 1. The van der Waals surface area contributed by atoms with Crippen LogP contribution in [0.5, 0.6) is 0 Å². The van der Waals surface area contributed by atoms with Crippen molar-refractivity contribution in [2.24, 2.45) is 34.5 Å². The highest BCUT2D eigenvalue weighted by Gasteiger charge is 2.52. The molecule has 0 saturated heterocycles. The van der Waals surface area contributed by atoms with Crippen molar-refractivity contribution in [3.8, 4) is 0 Å².